The van der Waals surface area contributed by atoms with E-state index in [-0.39, 0.29) is 23.7 Å². The molecule has 0 saturated carbocycles. The Labute approximate surface area is 180 Å². The molecule has 4 rings (SSSR count). The summed E-state index contributed by atoms with van der Waals surface area (Å²) in [6.45, 7) is 2.60. The molecule has 3 aromatic rings. The fourth-order valence-electron chi connectivity index (χ4n) is 3.85. The lowest BCUT2D eigenvalue weighted by molar-refractivity contribution is 0.289. The molecule has 0 amide bonds. The van der Waals surface area contributed by atoms with Crippen molar-refractivity contribution in [3.8, 4) is 11.5 Å². The molecular weight excluding hydrogens is 420 g/mol. The summed E-state index contributed by atoms with van der Waals surface area (Å²) >= 11 is 0. The summed E-state index contributed by atoms with van der Waals surface area (Å²) in [5, 5.41) is 4.46. The minimum absolute atomic E-state index is 0.0804. The summed E-state index contributed by atoms with van der Waals surface area (Å²) in [6, 6.07) is 13.0. The molecule has 1 atom stereocenters. The van der Waals surface area contributed by atoms with Crippen LogP contribution in [0.3, 0.4) is 0 Å². The van der Waals surface area contributed by atoms with E-state index >= 15 is 0 Å². The van der Waals surface area contributed by atoms with Crippen LogP contribution in [0.25, 0.3) is 0 Å². The van der Waals surface area contributed by atoms with Crippen molar-refractivity contribution in [2.45, 2.75) is 31.0 Å². The standard InChI is InChI=1S/C21H24N4O5S/c1-4-24-21(26)23-12-13-25(19(20(23)22-24)15-8-6-5-7-9-15)31(27,28)16-10-11-17(29-2)18(14-16)30-3/h5-11,14,19H,4,12-13H2,1-3H3/t19-/m1/s1. The fourth-order valence-corrected chi connectivity index (χ4v) is 5.44. The van der Waals surface area contributed by atoms with Crippen molar-refractivity contribution in [1.82, 2.24) is 18.7 Å². The second kappa shape index (κ2) is 8.20. The molecular formula is C21H24N4O5S. The number of hydrogen-bond acceptors (Lipinski definition) is 6. The molecule has 0 aliphatic carbocycles. The zero-order chi connectivity index (χ0) is 22.2. The van der Waals surface area contributed by atoms with Gasteiger partial charge in [0.1, 0.15) is 6.04 Å². The third-order valence-corrected chi connectivity index (χ3v) is 7.26. The second-order valence-corrected chi connectivity index (χ2v) is 8.94. The first-order valence-electron chi connectivity index (χ1n) is 9.88. The van der Waals surface area contributed by atoms with Crippen molar-refractivity contribution in [2.24, 2.45) is 0 Å². The van der Waals surface area contributed by atoms with Crippen LogP contribution in [0.1, 0.15) is 24.4 Å². The highest BCUT2D eigenvalue weighted by Gasteiger charge is 2.40. The van der Waals surface area contributed by atoms with E-state index in [2.05, 4.69) is 5.10 Å². The van der Waals surface area contributed by atoms with E-state index in [4.69, 9.17) is 9.47 Å². The lowest BCUT2D eigenvalue weighted by atomic mass is 10.1. The molecule has 0 radical (unpaired) electrons. The number of aromatic nitrogens is 3. The van der Waals surface area contributed by atoms with Crippen molar-refractivity contribution >= 4 is 10.0 Å². The van der Waals surface area contributed by atoms with Gasteiger partial charge in [0.05, 0.1) is 19.1 Å². The Hall–Kier alpha value is -3.11. The van der Waals surface area contributed by atoms with Crippen LogP contribution in [0, 0.1) is 0 Å². The minimum Gasteiger partial charge on any atom is -0.493 e. The van der Waals surface area contributed by atoms with Crippen LogP contribution in [0.15, 0.2) is 58.2 Å². The molecule has 1 aliphatic heterocycles. The van der Waals surface area contributed by atoms with Crippen LogP contribution in [0.5, 0.6) is 11.5 Å². The molecule has 0 bridgehead atoms. The Morgan fingerprint density at radius 1 is 1.03 bits per heavy atom. The van der Waals surface area contributed by atoms with Gasteiger partial charge in [0.25, 0.3) is 0 Å². The fraction of sp³-hybridized carbons (Fsp3) is 0.333. The van der Waals surface area contributed by atoms with E-state index < -0.39 is 16.1 Å². The van der Waals surface area contributed by atoms with Gasteiger partial charge in [0.2, 0.25) is 10.0 Å². The normalized spacial score (nSPS) is 16.7. The molecule has 2 aromatic carbocycles. The molecule has 10 heteroatoms. The van der Waals surface area contributed by atoms with Crippen molar-refractivity contribution in [3.63, 3.8) is 0 Å². The Kier molecular flexibility index (Phi) is 5.59. The summed E-state index contributed by atoms with van der Waals surface area (Å²) in [6.07, 6.45) is 0. The number of sulfonamides is 1. The van der Waals surface area contributed by atoms with Gasteiger partial charge in [-0.15, -0.1) is 0 Å². The van der Waals surface area contributed by atoms with Crippen LogP contribution in [-0.4, -0.2) is 47.8 Å². The Morgan fingerprint density at radius 2 is 1.74 bits per heavy atom. The molecule has 164 valence electrons. The number of aryl methyl sites for hydroxylation is 1. The number of methoxy groups -OCH3 is 2. The Balaban J connectivity index is 1.87. The van der Waals surface area contributed by atoms with E-state index in [9.17, 15) is 13.2 Å². The Morgan fingerprint density at radius 3 is 2.39 bits per heavy atom. The first-order valence-corrected chi connectivity index (χ1v) is 11.3. The van der Waals surface area contributed by atoms with Gasteiger partial charge in [0, 0.05) is 25.7 Å². The predicted molar refractivity (Wildman–Crippen MR) is 114 cm³/mol. The Bertz CT molecular complexity index is 1250. The smallest absolute Gasteiger partial charge is 0.346 e. The number of fused-ring (bicyclic) bond motifs is 1. The average Bonchev–Trinajstić information content (AvgIpc) is 3.14. The summed E-state index contributed by atoms with van der Waals surface area (Å²) in [5.41, 5.74) is 0.502. The number of nitrogens with zero attached hydrogens (tertiary/aromatic N) is 4. The van der Waals surface area contributed by atoms with Crippen molar-refractivity contribution < 1.29 is 17.9 Å². The average molecular weight is 445 g/mol. The number of rotatable bonds is 6. The first kappa shape index (κ1) is 21.1. The van der Waals surface area contributed by atoms with Gasteiger partial charge in [-0.3, -0.25) is 4.57 Å². The number of benzene rings is 2. The molecule has 9 nitrogen and oxygen atoms in total. The molecule has 0 N–H and O–H groups in total. The van der Waals surface area contributed by atoms with Crippen LogP contribution >= 0.6 is 0 Å². The van der Waals surface area contributed by atoms with E-state index in [1.165, 1.54) is 35.3 Å². The van der Waals surface area contributed by atoms with Crippen LogP contribution in [0.2, 0.25) is 0 Å². The predicted octanol–water partition coefficient (Wildman–Crippen LogP) is 1.88. The highest BCUT2D eigenvalue weighted by molar-refractivity contribution is 7.89. The largest absolute Gasteiger partial charge is 0.493 e. The summed E-state index contributed by atoms with van der Waals surface area (Å²) < 4.78 is 42.3. The van der Waals surface area contributed by atoms with Gasteiger partial charge in [-0.25, -0.2) is 17.9 Å². The molecule has 0 fully saturated rings. The van der Waals surface area contributed by atoms with Crippen molar-refractivity contribution in [1.29, 1.82) is 0 Å². The SMILES string of the molecule is CCn1nc2n(c1=O)CCN(S(=O)(=O)c1ccc(OC)c(OC)c1)[C@@H]2c1ccccc1. The lowest BCUT2D eigenvalue weighted by Crippen LogP contribution is -2.44. The van der Waals surface area contributed by atoms with Crippen molar-refractivity contribution in [3.05, 3.63) is 70.4 Å². The molecule has 2 heterocycles. The summed E-state index contributed by atoms with van der Waals surface area (Å²) in [5.74, 6) is 1.17. The van der Waals surface area contributed by atoms with E-state index in [1.54, 1.807) is 10.6 Å². The number of hydrogen-bond donors (Lipinski definition) is 0. The molecule has 1 aliphatic rings. The van der Waals surface area contributed by atoms with Gasteiger partial charge in [-0.1, -0.05) is 30.3 Å². The quantitative estimate of drug-likeness (QED) is 0.576. The molecule has 31 heavy (non-hydrogen) atoms. The van der Waals surface area contributed by atoms with E-state index in [1.807, 2.05) is 37.3 Å². The summed E-state index contributed by atoms with van der Waals surface area (Å²) in [7, 11) is -0.989. The minimum atomic E-state index is -3.94. The van der Waals surface area contributed by atoms with E-state index in [0.29, 0.717) is 23.9 Å². The van der Waals surface area contributed by atoms with Gasteiger partial charge in [-0.05, 0) is 24.6 Å². The first-order chi connectivity index (χ1) is 14.9. The third-order valence-electron chi connectivity index (χ3n) is 5.40. The monoisotopic (exact) mass is 444 g/mol. The molecule has 0 unspecified atom stereocenters. The zero-order valence-corrected chi connectivity index (χ0v) is 18.4. The third kappa shape index (κ3) is 3.51. The number of ether oxygens (including phenoxy) is 2. The molecule has 1 aromatic heterocycles. The highest BCUT2D eigenvalue weighted by Crippen LogP contribution is 2.37. The highest BCUT2D eigenvalue weighted by atomic mass is 32.2. The molecule has 0 spiro atoms. The maximum Gasteiger partial charge on any atom is 0.346 e. The van der Waals surface area contributed by atoms with Gasteiger partial charge < -0.3 is 9.47 Å². The van der Waals surface area contributed by atoms with Gasteiger partial charge in [-0.2, -0.15) is 9.40 Å². The maximum atomic E-state index is 13.7. The topological polar surface area (TPSA) is 95.7 Å². The van der Waals surface area contributed by atoms with Crippen molar-refractivity contribution in [2.75, 3.05) is 20.8 Å². The van der Waals surface area contributed by atoms with Gasteiger partial charge in [0.15, 0.2) is 17.3 Å². The van der Waals surface area contributed by atoms with Gasteiger partial charge >= 0.3 is 5.69 Å². The van der Waals surface area contributed by atoms with Crippen LogP contribution in [-0.2, 0) is 23.1 Å². The van der Waals surface area contributed by atoms with Crippen LogP contribution < -0.4 is 15.2 Å². The molecule has 0 saturated heterocycles. The zero-order valence-electron chi connectivity index (χ0n) is 17.6. The van der Waals surface area contributed by atoms with Crippen LogP contribution in [0.4, 0.5) is 0 Å². The maximum absolute atomic E-state index is 13.7. The summed E-state index contributed by atoms with van der Waals surface area (Å²) in [4.78, 5) is 12.7. The second-order valence-electron chi connectivity index (χ2n) is 7.05. The van der Waals surface area contributed by atoms with E-state index in [0.717, 1.165) is 5.56 Å². The lowest BCUT2D eigenvalue weighted by Gasteiger charge is -2.34.